The molecule has 1 heteroatoms. The number of unbranched alkanes of at least 4 members (excludes halogenated alkanes) is 4. The van der Waals surface area contributed by atoms with E-state index in [2.05, 4.69) is 82.9 Å². The predicted octanol–water partition coefficient (Wildman–Crippen LogP) is 10.2. The Kier molecular flexibility index (Phi) is 8.48. The first-order valence-electron chi connectivity index (χ1n) is 13.5. The molecule has 0 aliphatic carbocycles. The lowest BCUT2D eigenvalue weighted by Crippen LogP contribution is -2.21. The van der Waals surface area contributed by atoms with E-state index in [1.807, 2.05) is 0 Å². The van der Waals surface area contributed by atoms with Gasteiger partial charge in [0.15, 0.2) is 0 Å². The molecule has 1 aromatic heterocycles. The average Bonchev–Trinajstić information content (AvgIpc) is 3.17. The van der Waals surface area contributed by atoms with Gasteiger partial charge in [0.25, 0.3) is 0 Å². The fraction of sp³-hybridized carbons (Fsp3) is 0.613. The van der Waals surface area contributed by atoms with E-state index in [-0.39, 0.29) is 10.8 Å². The van der Waals surface area contributed by atoms with E-state index in [9.17, 15) is 0 Å². The van der Waals surface area contributed by atoms with Crippen molar-refractivity contribution in [2.24, 2.45) is 0 Å². The molecule has 0 spiro atoms. The van der Waals surface area contributed by atoms with Crippen molar-refractivity contribution in [1.82, 2.24) is 4.98 Å². The topological polar surface area (TPSA) is 15.8 Å². The number of rotatable bonds is 13. The molecule has 0 aliphatic rings. The number of aromatic nitrogens is 1. The molecule has 2 atom stereocenters. The first kappa shape index (κ1) is 24.9. The number of fused-ring (bicyclic) bond motifs is 3. The molecule has 0 fully saturated rings. The highest BCUT2D eigenvalue weighted by molar-refractivity contribution is 6.07. The number of nitrogens with one attached hydrogen (secondary N) is 1. The highest BCUT2D eigenvalue weighted by Crippen LogP contribution is 2.39. The van der Waals surface area contributed by atoms with Crippen LogP contribution in [0.15, 0.2) is 36.4 Å². The van der Waals surface area contributed by atoms with Crippen LogP contribution < -0.4 is 0 Å². The Morgan fingerprint density at radius 3 is 1.69 bits per heavy atom. The zero-order valence-corrected chi connectivity index (χ0v) is 21.7. The van der Waals surface area contributed by atoms with Crippen LogP contribution in [0.3, 0.4) is 0 Å². The molecule has 1 nitrogen and oxygen atoms in total. The fourth-order valence-electron chi connectivity index (χ4n) is 5.66. The zero-order valence-electron chi connectivity index (χ0n) is 21.7. The van der Waals surface area contributed by atoms with Crippen LogP contribution in [0.4, 0.5) is 0 Å². The Hall–Kier alpha value is -1.76. The monoisotopic (exact) mass is 433 g/mol. The van der Waals surface area contributed by atoms with Crippen LogP contribution >= 0.6 is 0 Å². The lowest BCUT2D eigenvalue weighted by molar-refractivity contribution is 0.377. The number of hydrogen-bond donors (Lipinski definition) is 1. The van der Waals surface area contributed by atoms with E-state index in [1.54, 1.807) is 0 Å². The van der Waals surface area contributed by atoms with Crippen LogP contribution in [0.25, 0.3) is 21.8 Å². The highest BCUT2D eigenvalue weighted by atomic mass is 14.7. The standard InChI is InChI=1S/C31H47N/c1-7-11-13-14-21-31(6,19-9-3)25-16-18-27-26-17-15-24(22-28(26)32-29(27)23-25)30(5,10-4)20-12-8-2/h15-18,22-23,32H,7-14,19-21H2,1-6H3. The second-order valence-corrected chi connectivity index (χ2v) is 10.8. The quantitative estimate of drug-likeness (QED) is 0.258. The zero-order chi connectivity index (χ0) is 23.2. The second-order valence-electron chi connectivity index (χ2n) is 10.8. The Morgan fingerprint density at radius 1 is 0.594 bits per heavy atom. The number of H-pyrrole nitrogens is 1. The van der Waals surface area contributed by atoms with Gasteiger partial charge < -0.3 is 4.98 Å². The molecule has 176 valence electrons. The maximum absolute atomic E-state index is 3.80. The predicted molar refractivity (Wildman–Crippen MR) is 144 cm³/mol. The van der Waals surface area contributed by atoms with Gasteiger partial charge in [-0.1, -0.05) is 111 Å². The Labute approximate surface area is 197 Å². The van der Waals surface area contributed by atoms with Gasteiger partial charge in [-0.05, 0) is 59.8 Å². The average molecular weight is 434 g/mol. The Morgan fingerprint density at radius 2 is 1.16 bits per heavy atom. The lowest BCUT2D eigenvalue weighted by Gasteiger charge is -2.30. The SMILES string of the molecule is CCCCCCC(C)(CCC)c1ccc2c(c1)[nH]c1cc(C(C)(CC)CCCC)ccc12. The summed E-state index contributed by atoms with van der Waals surface area (Å²) in [6.45, 7) is 14.2. The van der Waals surface area contributed by atoms with Gasteiger partial charge in [0.1, 0.15) is 0 Å². The summed E-state index contributed by atoms with van der Waals surface area (Å²) in [4.78, 5) is 3.80. The van der Waals surface area contributed by atoms with Crippen LogP contribution in [0.5, 0.6) is 0 Å². The molecule has 2 aromatic carbocycles. The highest BCUT2D eigenvalue weighted by Gasteiger charge is 2.27. The van der Waals surface area contributed by atoms with Gasteiger partial charge in [0.2, 0.25) is 0 Å². The molecule has 3 aromatic rings. The van der Waals surface area contributed by atoms with Crippen molar-refractivity contribution in [3.8, 4) is 0 Å². The van der Waals surface area contributed by atoms with Gasteiger partial charge in [0, 0.05) is 21.8 Å². The molecule has 1 heterocycles. The van der Waals surface area contributed by atoms with Crippen molar-refractivity contribution in [3.05, 3.63) is 47.5 Å². The molecule has 1 N–H and O–H groups in total. The smallest absolute Gasteiger partial charge is 0.0467 e. The van der Waals surface area contributed by atoms with Crippen molar-refractivity contribution >= 4 is 21.8 Å². The van der Waals surface area contributed by atoms with Gasteiger partial charge in [-0.25, -0.2) is 0 Å². The molecule has 0 bridgehead atoms. The molecule has 0 saturated heterocycles. The molecule has 3 rings (SSSR count). The third-order valence-corrected chi connectivity index (χ3v) is 8.24. The fourth-order valence-corrected chi connectivity index (χ4v) is 5.66. The Bertz CT molecular complexity index is 996. The van der Waals surface area contributed by atoms with Gasteiger partial charge >= 0.3 is 0 Å². The summed E-state index contributed by atoms with van der Waals surface area (Å²) in [6, 6.07) is 14.4. The van der Waals surface area contributed by atoms with Crippen LogP contribution in [-0.4, -0.2) is 4.98 Å². The van der Waals surface area contributed by atoms with Crippen molar-refractivity contribution in [1.29, 1.82) is 0 Å². The minimum atomic E-state index is 0.269. The number of benzene rings is 2. The van der Waals surface area contributed by atoms with Crippen LogP contribution in [-0.2, 0) is 10.8 Å². The van der Waals surface area contributed by atoms with Crippen molar-refractivity contribution < 1.29 is 0 Å². The van der Waals surface area contributed by atoms with Crippen LogP contribution in [0, 0.1) is 0 Å². The van der Waals surface area contributed by atoms with E-state index in [4.69, 9.17) is 0 Å². The molecule has 32 heavy (non-hydrogen) atoms. The van der Waals surface area contributed by atoms with E-state index in [1.165, 1.54) is 104 Å². The van der Waals surface area contributed by atoms with Gasteiger partial charge in [-0.2, -0.15) is 0 Å². The van der Waals surface area contributed by atoms with Gasteiger partial charge in [0.05, 0.1) is 0 Å². The van der Waals surface area contributed by atoms with E-state index >= 15 is 0 Å². The van der Waals surface area contributed by atoms with E-state index < -0.39 is 0 Å². The third-order valence-electron chi connectivity index (χ3n) is 8.24. The summed E-state index contributed by atoms with van der Waals surface area (Å²) < 4.78 is 0. The minimum absolute atomic E-state index is 0.269. The molecule has 0 radical (unpaired) electrons. The van der Waals surface area contributed by atoms with E-state index in [0.717, 1.165) is 0 Å². The normalized spacial score (nSPS) is 15.8. The van der Waals surface area contributed by atoms with E-state index in [0.29, 0.717) is 0 Å². The summed E-state index contributed by atoms with van der Waals surface area (Å²) in [5.74, 6) is 0. The molecule has 0 saturated carbocycles. The van der Waals surface area contributed by atoms with Gasteiger partial charge in [-0.15, -0.1) is 0 Å². The molecular weight excluding hydrogens is 386 g/mol. The summed E-state index contributed by atoms with van der Waals surface area (Å²) in [7, 11) is 0. The minimum Gasteiger partial charge on any atom is -0.354 e. The van der Waals surface area contributed by atoms with Crippen molar-refractivity contribution in [2.45, 2.75) is 123 Å². The van der Waals surface area contributed by atoms with Crippen molar-refractivity contribution in [2.75, 3.05) is 0 Å². The van der Waals surface area contributed by atoms with Crippen LogP contribution in [0.2, 0.25) is 0 Å². The summed E-state index contributed by atoms with van der Waals surface area (Å²) in [5.41, 5.74) is 6.14. The molecular formula is C31H47N. The molecule has 2 unspecified atom stereocenters. The molecule has 0 aliphatic heterocycles. The molecule has 0 amide bonds. The van der Waals surface area contributed by atoms with Crippen LogP contribution in [0.1, 0.15) is 123 Å². The van der Waals surface area contributed by atoms with Crippen molar-refractivity contribution in [3.63, 3.8) is 0 Å². The largest absolute Gasteiger partial charge is 0.354 e. The number of aromatic amines is 1. The third kappa shape index (κ3) is 5.24. The number of hydrogen-bond acceptors (Lipinski definition) is 0. The van der Waals surface area contributed by atoms with Gasteiger partial charge in [-0.3, -0.25) is 0 Å². The first-order chi connectivity index (χ1) is 15.4. The maximum Gasteiger partial charge on any atom is 0.0467 e. The maximum atomic E-state index is 3.80. The first-order valence-corrected chi connectivity index (χ1v) is 13.5. The second kappa shape index (κ2) is 10.9. The Balaban J connectivity index is 1.96. The summed E-state index contributed by atoms with van der Waals surface area (Å²) in [5, 5.41) is 2.73. The summed E-state index contributed by atoms with van der Waals surface area (Å²) >= 11 is 0. The lowest BCUT2D eigenvalue weighted by atomic mass is 9.74. The summed E-state index contributed by atoms with van der Waals surface area (Å²) in [6.07, 6.45) is 14.2.